The number of carbonyl (C=O) groups excluding carboxylic acids is 1. The van der Waals surface area contributed by atoms with Crippen molar-refractivity contribution in [1.82, 2.24) is 15.1 Å². The first-order chi connectivity index (χ1) is 13.8. The van der Waals surface area contributed by atoms with Gasteiger partial charge in [-0.15, -0.1) is 0 Å². The lowest BCUT2D eigenvalue weighted by atomic mass is 10.1. The highest BCUT2D eigenvalue weighted by Gasteiger charge is 2.40. The van der Waals surface area contributed by atoms with E-state index in [0.29, 0.717) is 17.1 Å². The third kappa shape index (κ3) is 4.77. The summed E-state index contributed by atoms with van der Waals surface area (Å²) in [7, 11) is 0. The van der Waals surface area contributed by atoms with Crippen LogP contribution in [0.4, 0.5) is 13.2 Å². The Morgan fingerprint density at radius 2 is 1.76 bits per heavy atom. The molecule has 0 saturated heterocycles. The molecule has 0 saturated carbocycles. The molecule has 29 heavy (non-hydrogen) atoms. The Kier molecular flexibility index (Phi) is 5.91. The maximum atomic E-state index is 13.5. The van der Waals surface area contributed by atoms with E-state index in [1.165, 1.54) is 0 Å². The van der Waals surface area contributed by atoms with E-state index in [1.54, 1.807) is 50.2 Å². The molecule has 0 fully saturated rings. The predicted octanol–water partition coefficient (Wildman–Crippen LogP) is 5.21. The van der Waals surface area contributed by atoms with Gasteiger partial charge in [-0.1, -0.05) is 36.4 Å². The molecule has 0 aliphatic carbocycles. The summed E-state index contributed by atoms with van der Waals surface area (Å²) in [6.45, 7) is 3.15. The van der Waals surface area contributed by atoms with E-state index < -0.39 is 29.4 Å². The summed E-state index contributed by atoms with van der Waals surface area (Å²) in [5.74, 6) is 0.274. The standard InChI is InChI=1S/C21H20F3N3O2/c1-14(2)27-19(21(22,23)24)17(13-26-27)20(28)25-12-15-8-6-7-11-18(15)29-16-9-4-3-5-10-16/h3-11,13-14H,12H2,1-2H3,(H,25,28). The molecule has 0 radical (unpaired) electrons. The van der Waals surface area contributed by atoms with Gasteiger partial charge < -0.3 is 10.1 Å². The van der Waals surface area contributed by atoms with Gasteiger partial charge in [-0.3, -0.25) is 9.48 Å². The zero-order chi connectivity index (χ0) is 21.0. The van der Waals surface area contributed by atoms with E-state index in [1.807, 2.05) is 18.2 Å². The van der Waals surface area contributed by atoms with Gasteiger partial charge >= 0.3 is 6.18 Å². The lowest BCUT2D eigenvalue weighted by molar-refractivity contribution is -0.145. The van der Waals surface area contributed by atoms with Gasteiger partial charge in [0.05, 0.1) is 11.8 Å². The Balaban J connectivity index is 1.79. The number of nitrogens with one attached hydrogen (secondary N) is 1. The monoisotopic (exact) mass is 403 g/mol. The van der Waals surface area contributed by atoms with Gasteiger partial charge in [0.15, 0.2) is 5.69 Å². The summed E-state index contributed by atoms with van der Waals surface area (Å²) in [5.41, 5.74) is -0.930. The van der Waals surface area contributed by atoms with Gasteiger partial charge in [-0.05, 0) is 32.0 Å². The van der Waals surface area contributed by atoms with E-state index in [2.05, 4.69) is 10.4 Å². The summed E-state index contributed by atoms with van der Waals surface area (Å²) in [4.78, 5) is 12.5. The summed E-state index contributed by atoms with van der Waals surface area (Å²) < 4.78 is 47.0. The number of amides is 1. The zero-order valence-corrected chi connectivity index (χ0v) is 15.9. The van der Waals surface area contributed by atoms with E-state index >= 15 is 0 Å². The minimum Gasteiger partial charge on any atom is -0.457 e. The minimum absolute atomic E-state index is 0.00595. The molecule has 0 bridgehead atoms. The molecule has 1 N–H and O–H groups in total. The number of alkyl halides is 3. The molecule has 5 nitrogen and oxygen atoms in total. The number of ether oxygens (including phenoxy) is 1. The fourth-order valence-electron chi connectivity index (χ4n) is 2.84. The molecule has 0 aliphatic heterocycles. The Morgan fingerprint density at radius 1 is 1.10 bits per heavy atom. The van der Waals surface area contributed by atoms with Crippen molar-refractivity contribution in [3.63, 3.8) is 0 Å². The van der Waals surface area contributed by atoms with Crippen molar-refractivity contribution < 1.29 is 22.7 Å². The highest BCUT2D eigenvalue weighted by Crippen LogP contribution is 2.33. The van der Waals surface area contributed by atoms with Crippen molar-refractivity contribution in [2.75, 3.05) is 0 Å². The van der Waals surface area contributed by atoms with Crippen LogP contribution in [0.25, 0.3) is 0 Å². The molecule has 0 atom stereocenters. The normalized spacial score (nSPS) is 11.5. The highest BCUT2D eigenvalue weighted by molar-refractivity contribution is 5.95. The molecule has 0 aliphatic rings. The first-order valence-corrected chi connectivity index (χ1v) is 9.01. The van der Waals surface area contributed by atoms with Gasteiger partial charge in [-0.25, -0.2) is 0 Å². The Morgan fingerprint density at radius 3 is 2.41 bits per heavy atom. The molecular weight excluding hydrogens is 383 g/mol. The van der Waals surface area contributed by atoms with Gasteiger partial charge in [0, 0.05) is 18.2 Å². The van der Waals surface area contributed by atoms with Gasteiger partial charge in [0.2, 0.25) is 0 Å². The van der Waals surface area contributed by atoms with Crippen LogP contribution in [0, 0.1) is 0 Å². The maximum absolute atomic E-state index is 13.5. The maximum Gasteiger partial charge on any atom is 0.433 e. The van der Waals surface area contributed by atoms with Crippen molar-refractivity contribution >= 4 is 5.91 Å². The second-order valence-corrected chi connectivity index (χ2v) is 6.65. The van der Waals surface area contributed by atoms with Crippen molar-refractivity contribution in [2.45, 2.75) is 32.6 Å². The van der Waals surface area contributed by atoms with Crippen LogP contribution in [0.15, 0.2) is 60.8 Å². The van der Waals surface area contributed by atoms with Crippen LogP contribution in [0.5, 0.6) is 11.5 Å². The third-order valence-electron chi connectivity index (χ3n) is 4.18. The number of halogens is 3. The Labute approximate surface area is 166 Å². The number of para-hydroxylation sites is 2. The van der Waals surface area contributed by atoms with E-state index in [9.17, 15) is 18.0 Å². The van der Waals surface area contributed by atoms with Crippen molar-refractivity contribution in [3.8, 4) is 11.5 Å². The molecular formula is C21H20F3N3O2. The lowest BCUT2D eigenvalue weighted by Gasteiger charge is -2.15. The second kappa shape index (κ2) is 8.38. The molecule has 1 heterocycles. The SMILES string of the molecule is CC(C)n1ncc(C(=O)NCc2ccccc2Oc2ccccc2)c1C(F)(F)F. The van der Waals surface area contributed by atoms with Crippen LogP contribution in [-0.2, 0) is 12.7 Å². The van der Waals surface area contributed by atoms with Crippen LogP contribution in [0.2, 0.25) is 0 Å². The smallest absolute Gasteiger partial charge is 0.433 e. The first-order valence-electron chi connectivity index (χ1n) is 9.01. The first kappa shape index (κ1) is 20.4. The Hall–Kier alpha value is -3.29. The quantitative estimate of drug-likeness (QED) is 0.615. The molecule has 8 heteroatoms. The lowest BCUT2D eigenvalue weighted by Crippen LogP contribution is -2.27. The van der Waals surface area contributed by atoms with Crippen molar-refractivity contribution in [1.29, 1.82) is 0 Å². The number of hydrogen-bond acceptors (Lipinski definition) is 3. The summed E-state index contributed by atoms with van der Waals surface area (Å²) in [6.07, 6.45) is -3.74. The summed E-state index contributed by atoms with van der Waals surface area (Å²) in [5, 5.41) is 6.28. The average Bonchev–Trinajstić information content (AvgIpc) is 3.14. The summed E-state index contributed by atoms with van der Waals surface area (Å²) >= 11 is 0. The molecule has 0 spiro atoms. The second-order valence-electron chi connectivity index (χ2n) is 6.65. The zero-order valence-electron chi connectivity index (χ0n) is 15.9. The van der Waals surface area contributed by atoms with Crippen LogP contribution >= 0.6 is 0 Å². The fraction of sp³-hybridized carbons (Fsp3) is 0.238. The van der Waals surface area contributed by atoms with Gasteiger partial charge in [0.1, 0.15) is 11.5 Å². The molecule has 0 unspecified atom stereocenters. The topological polar surface area (TPSA) is 56.2 Å². The number of aromatic nitrogens is 2. The number of rotatable bonds is 6. The van der Waals surface area contributed by atoms with Crippen molar-refractivity contribution in [2.24, 2.45) is 0 Å². The molecule has 1 amide bonds. The van der Waals surface area contributed by atoms with E-state index in [4.69, 9.17) is 4.74 Å². The molecule has 2 aromatic carbocycles. The molecule has 3 rings (SSSR count). The number of hydrogen-bond donors (Lipinski definition) is 1. The Bertz CT molecular complexity index is 982. The molecule has 152 valence electrons. The average molecular weight is 403 g/mol. The number of nitrogens with zero attached hydrogens (tertiary/aromatic N) is 2. The highest BCUT2D eigenvalue weighted by atomic mass is 19.4. The fourth-order valence-corrected chi connectivity index (χ4v) is 2.84. The van der Waals surface area contributed by atoms with Crippen molar-refractivity contribution in [3.05, 3.63) is 77.6 Å². The van der Waals surface area contributed by atoms with Crippen LogP contribution < -0.4 is 10.1 Å². The number of benzene rings is 2. The van der Waals surface area contributed by atoms with Crippen LogP contribution in [-0.4, -0.2) is 15.7 Å². The third-order valence-corrected chi connectivity index (χ3v) is 4.18. The van der Waals surface area contributed by atoms with E-state index in [-0.39, 0.29) is 6.54 Å². The largest absolute Gasteiger partial charge is 0.457 e. The predicted molar refractivity (Wildman–Crippen MR) is 102 cm³/mol. The van der Waals surface area contributed by atoms with Gasteiger partial charge in [-0.2, -0.15) is 18.3 Å². The molecule has 3 aromatic rings. The van der Waals surface area contributed by atoms with E-state index in [0.717, 1.165) is 10.9 Å². The van der Waals surface area contributed by atoms with Crippen LogP contribution in [0.3, 0.4) is 0 Å². The van der Waals surface area contributed by atoms with Gasteiger partial charge in [0.25, 0.3) is 5.91 Å². The molecule has 1 aromatic heterocycles. The summed E-state index contributed by atoms with van der Waals surface area (Å²) in [6, 6.07) is 15.5. The minimum atomic E-state index is -4.69. The van der Waals surface area contributed by atoms with Crippen LogP contribution in [0.1, 0.15) is 41.5 Å². The number of carbonyl (C=O) groups is 1.